The third-order valence-electron chi connectivity index (χ3n) is 4.99. The van der Waals surface area contributed by atoms with Gasteiger partial charge in [0, 0.05) is 51.5 Å². The van der Waals surface area contributed by atoms with Crippen molar-refractivity contribution in [1.29, 1.82) is 0 Å². The lowest BCUT2D eigenvalue weighted by Gasteiger charge is -2.39. The van der Waals surface area contributed by atoms with Crippen LogP contribution in [0.2, 0.25) is 0 Å². The lowest BCUT2D eigenvalue weighted by molar-refractivity contribution is -0.121. The van der Waals surface area contributed by atoms with Crippen LogP contribution in [0, 0.1) is 5.92 Å². The van der Waals surface area contributed by atoms with Crippen molar-refractivity contribution in [3.63, 3.8) is 0 Å². The summed E-state index contributed by atoms with van der Waals surface area (Å²) < 4.78 is 2.18. The summed E-state index contributed by atoms with van der Waals surface area (Å²) >= 11 is 0. The molecule has 1 aromatic heterocycles. The van der Waals surface area contributed by atoms with E-state index in [-0.39, 0.29) is 11.9 Å². The van der Waals surface area contributed by atoms with Crippen LogP contribution in [-0.2, 0) is 4.79 Å². The van der Waals surface area contributed by atoms with Crippen molar-refractivity contribution >= 4 is 11.9 Å². The third-order valence-corrected chi connectivity index (χ3v) is 4.99. The maximum atomic E-state index is 11.9. The number of nitrogens with zero attached hydrogens (tertiary/aromatic N) is 4. The molecule has 3 unspecified atom stereocenters. The number of amides is 1. The number of hydrogen-bond donors (Lipinski definition) is 2. The molecule has 140 valence electrons. The third kappa shape index (κ3) is 5.47. The van der Waals surface area contributed by atoms with Crippen molar-refractivity contribution in [2.45, 2.75) is 52.1 Å². The Balaban J connectivity index is 1.85. The number of carbonyl (C=O) groups is 1. The highest BCUT2D eigenvalue weighted by molar-refractivity contribution is 5.81. The minimum atomic E-state index is 0.0841. The van der Waals surface area contributed by atoms with Crippen molar-refractivity contribution in [2.24, 2.45) is 10.9 Å². The first-order valence-electron chi connectivity index (χ1n) is 9.27. The zero-order chi connectivity index (χ0) is 18.2. The summed E-state index contributed by atoms with van der Waals surface area (Å²) in [5.74, 6) is 1.55. The van der Waals surface area contributed by atoms with Crippen molar-refractivity contribution < 1.29 is 4.79 Å². The molecule has 0 spiro atoms. The maximum absolute atomic E-state index is 11.9. The van der Waals surface area contributed by atoms with Gasteiger partial charge in [0.15, 0.2) is 5.96 Å². The number of aromatic nitrogens is 2. The molecule has 7 nitrogen and oxygen atoms in total. The van der Waals surface area contributed by atoms with Gasteiger partial charge in [-0.05, 0) is 25.7 Å². The minimum absolute atomic E-state index is 0.0841. The van der Waals surface area contributed by atoms with Crippen LogP contribution in [0.1, 0.15) is 46.1 Å². The molecule has 0 radical (unpaired) electrons. The molecule has 1 aliphatic rings. The first-order chi connectivity index (χ1) is 12.0. The molecule has 3 atom stereocenters. The van der Waals surface area contributed by atoms with Crippen LogP contribution in [0.5, 0.6) is 0 Å². The van der Waals surface area contributed by atoms with Gasteiger partial charge in [-0.15, -0.1) is 0 Å². The van der Waals surface area contributed by atoms with Gasteiger partial charge in [-0.1, -0.05) is 13.8 Å². The number of likely N-dealkylation sites (tertiary alicyclic amines) is 1. The predicted molar refractivity (Wildman–Crippen MR) is 100 cm³/mol. The van der Waals surface area contributed by atoms with Crippen LogP contribution in [-0.4, -0.2) is 59.0 Å². The van der Waals surface area contributed by atoms with E-state index in [0.29, 0.717) is 24.9 Å². The van der Waals surface area contributed by atoms with E-state index < -0.39 is 0 Å². The van der Waals surface area contributed by atoms with Gasteiger partial charge < -0.3 is 20.1 Å². The second kappa shape index (κ2) is 9.44. The molecule has 1 fully saturated rings. The highest BCUT2D eigenvalue weighted by atomic mass is 16.1. The van der Waals surface area contributed by atoms with Gasteiger partial charge >= 0.3 is 0 Å². The Bertz CT molecular complexity index is 556. The molecular weight excluding hydrogens is 316 g/mol. The van der Waals surface area contributed by atoms with Crippen LogP contribution in [0.4, 0.5) is 0 Å². The molecule has 0 saturated carbocycles. The van der Waals surface area contributed by atoms with Crippen LogP contribution in [0.15, 0.2) is 23.7 Å². The second-order valence-electron chi connectivity index (χ2n) is 6.89. The van der Waals surface area contributed by atoms with Crippen LogP contribution in [0.25, 0.3) is 0 Å². The van der Waals surface area contributed by atoms with Gasteiger partial charge in [0.1, 0.15) is 0 Å². The summed E-state index contributed by atoms with van der Waals surface area (Å²) in [6.45, 7) is 8.85. The average Bonchev–Trinajstić information content (AvgIpc) is 3.13. The first kappa shape index (κ1) is 19.3. The Morgan fingerprint density at radius 3 is 2.92 bits per heavy atom. The number of hydrogen-bond acceptors (Lipinski definition) is 3. The van der Waals surface area contributed by atoms with E-state index in [9.17, 15) is 4.79 Å². The molecule has 0 aromatic carbocycles. The summed E-state index contributed by atoms with van der Waals surface area (Å²) in [4.78, 5) is 22.7. The van der Waals surface area contributed by atoms with E-state index in [1.165, 1.54) is 0 Å². The summed E-state index contributed by atoms with van der Waals surface area (Å²) in [6.07, 6.45) is 8.26. The Labute approximate surface area is 150 Å². The number of imidazole rings is 1. The number of aliphatic imine (C=N–C) groups is 1. The van der Waals surface area contributed by atoms with Gasteiger partial charge in [0.2, 0.25) is 5.91 Å². The molecule has 25 heavy (non-hydrogen) atoms. The standard InChI is InChI=1S/C18H32N6O/c1-5-15(3)22-17(25)6-8-21-18(19-4)23-10-7-14(2)16(12-23)24-11-9-20-13-24/h9,11,13-16H,5-8,10,12H2,1-4H3,(H,19,21)(H,22,25). The molecule has 1 aliphatic heterocycles. The van der Waals surface area contributed by atoms with E-state index >= 15 is 0 Å². The van der Waals surface area contributed by atoms with Crippen LogP contribution < -0.4 is 10.6 Å². The lowest BCUT2D eigenvalue weighted by atomic mass is 9.93. The fourth-order valence-corrected chi connectivity index (χ4v) is 3.16. The summed E-state index contributed by atoms with van der Waals surface area (Å²) in [5, 5.41) is 6.32. The monoisotopic (exact) mass is 348 g/mol. The van der Waals surface area contributed by atoms with E-state index in [0.717, 1.165) is 31.9 Å². The molecule has 2 heterocycles. The molecule has 1 amide bonds. The Kier molecular flexibility index (Phi) is 7.28. The van der Waals surface area contributed by atoms with Gasteiger partial charge in [0.05, 0.1) is 12.4 Å². The van der Waals surface area contributed by atoms with Crippen molar-refractivity contribution in [3.05, 3.63) is 18.7 Å². The van der Waals surface area contributed by atoms with E-state index in [4.69, 9.17) is 0 Å². The molecule has 2 rings (SSSR count). The molecule has 2 N–H and O–H groups in total. The van der Waals surface area contributed by atoms with Crippen molar-refractivity contribution in [1.82, 2.24) is 25.1 Å². The number of piperidine rings is 1. The number of guanidine groups is 1. The summed E-state index contributed by atoms with van der Waals surface area (Å²) in [7, 11) is 1.80. The van der Waals surface area contributed by atoms with E-state index in [2.05, 4.69) is 43.9 Å². The average molecular weight is 348 g/mol. The quantitative estimate of drug-likeness (QED) is 0.605. The highest BCUT2D eigenvalue weighted by Gasteiger charge is 2.28. The van der Waals surface area contributed by atoms with Crippen molar-refractivity contribution in [2.75, 3.05) is 26.7 Å². The van der Waals surface area contributed by atoms with Crippen LogP contribution >= 0.6 is 0 Å². The number of rotatable bonds is 6. The fraction of sp³-hybridized carbons (Fsp3) is 0.722. The van der Waals surface area contributed by atoms with Crippen molar-refractivity contribution in [3.8, 4) is 0 Å². The smallest absolute Gasteiger partial charge is 0.221 e. The Morgan fingerprint density at radius 2 is 2.28 bits per heavy atom. The van der Waals surface area contributed by atoms with Crippen LogP contribution in [0.3, 0.4) is 0 Å². The number of nitrogens with one attached hydrogen (secondary N) is 2. The Morgan fingerprint density at radius 1 is 1.48 bits per heavy atom. The SMILES string of the molecule is CCC(C)NC(=O)CCNC(=NC)N1CCC(C)C(n2ccnc2)C1. The molecular formula is C18H32N6O. The molecule has 1 aromatic rings. The highest BCUT2D eigenvalue weighted by Crippen LogP contribution is 2.27. The fourth-order valence-electron chi connectivity index (χ4n) is 3.16. The normalized spacial score (nSPS) is 22.6. The topological polar surface area (TPSA) is 74.6 Å². The molecule has 7 heteroatoms. The van der Waals surface area contributed by atoms with Gasteiger partial charge in [-0.2, -0.15) is 0 Å². The van der Waals surface area contributed by atoms with Gasteiger partial charge in [-0.25, -0.2) is 4.98 Å². The second-order valence-corrected chi connectivity index (χ2v) is 6.89. The van der Waals surface area contributed by atoms with Gasteiger partial charge in [-0.3, -0.25) is 9.79 Å². The summed E-state index contributed by atoms with van der Waals surface area (Å²) in [5.41, 5.74) is 0. The zero-order valence-corrected chi connectivity index (χ0v) is 15.9. The predicted octanol–water partition coefficient (Wildman–Crippen LogP) is 1.65. The largest absolute Gasteiger partial charge is 0.356 e. The van der Waals surface area contributed by atoms with E-state index in [1.54, 1.807) is 7.05 Å². The zero-order valence-electron chi connectivity index (χ0n) is 15.9. The molecule has 0 bridgehead atoms. The van der Waals surface area contributed by atoms with E-state index in [1.807, 2.05) is 25.6 Å². The lowest BCUT2D eigenvalue weighted by Crippen LogP contribution is -2.49. The van der Waals surface area contributed by atoms with Gasteiger partial charge in [0.25, 0.3) is 0 Å². The number of carbonyl (C=O) groups excluding carboxylic acids is 1. The minimum Gasteiger partial charge on any atom is -0.356 e. The molecule has 1 saturated heterocycles. The summed E-state index contributed by atoms with van der Waals surface area (Å²) in [6, 6.07) is 0.620. The maximum Gasteiger partial charge on any atom is 0.221 e. The molecule has 0 aliphatic carbocycles. The first-order valence-corrected chi connectivity index (χ1v) is 9.27. The Hall–Kier alpha value is -2.05.